The second kappa shape index (κ2) is 8.48. The van der Waals surface area contributed by atoms with Crippen LogP contribution in [0.3, 0.4) is 0 Å². The first kappa shape index (κ1) is 23.0. The van der Waals surface area contributed by atoms with Gasteiger partial charge in [-0.3, -0.25) is 0 Å². The van der Waals surface area contributed by atoms with Crippen LogP contribution >= 0.6 is 34.2 Å². The molecule has 0 bridgehead atoms. The van der Waals surface area contributed by atoms with Gasteiger partial charge in [0.2, 0.25) is 0 Å². The molecule has 2 aromatic carbocycles. The number of benzene rings is 2. The van der Waals surface area contributed by atoms with E-state index < -0.39 is 29.9 Å². The Bertz CT molecular complexity index is 1220. The Hall–Kier alpha value is -1.63. The topological polar surface area (TPSA) is 97.8 Å². The zero-order chi connectivity index (χ0) is 22.3. The average molecular weight is 582 g/mol. The summed E-state index contributed by atoms with van der Waals surface area (Å²) in [6.45, 7) is 1.75. The lowest BCUT2D eigenvalue weighted by atomic mass is 10.1. The molecule has 1 aliphatic rings. The fraction of sp³-hybridized carbons (Fsp3) is 0.211. The minimum Gasteiger partial charge on any atom is -0.467 e. The zero-order valence-electron chi connectivity index (χ0n) is 15.9. The van der Waals surface area contributed by atoms with Crippen molar-refractivity contribution in [2.75, 3.05) is 7.11 Å². The number of hydrogen-bond donors (Lipinski definition) is 0. The zero-order valence-corrected chi connectivity index (χ0v) is 20.4. The molecule has 1 unspecified atom stereocenters. The molecule has 0 N–H and O–H groups in total. The lowest BCUT2D eigenvalue weighted by Gasteiger charge is -2.27. The first-order valence-electron chi connectivity index (χ1n) is 8.59. The van der Waals surface area contributed by atoms with E-state index in [1.165, 1.54) is 24.3 Å². The highest BCUT2D eigenvalue weighted by Gasteiger charge is 2.49. The molecule has 0 saturated carbocycles. The number of esters is 1. The maximum atomic E-state index is 13.4. The number of aryl methyl sites for hydroxylation is 1. The lowest BCUT2D eigenvalue weighted by Crippen LogP contribution is -2.43. The number of halogens is 2. The normalized spacial score (nSPS) is 17.3. The van der Waals surface area contributed by atoms with Crippen LogP contribution in [0.5, 0.6) is 0 Å². The number of nitrogens with zero attached hydrogens (tertiary/aromatic N) is 1. The van der Waals surface area contributed by atoms with Crippen molar-refractivity contribution in [3.8, 4) is 0 Å². The van der Waals surface area contributed by atoms with E-state index in [2.05, 4.69) is 0 Å². The van der Waals surface area contributed by atoms with E-state index in [4.69, 9.17) is 16.3 Å². The molecule has 0 spiro atoms. The molecular weight excluding hydrogens is 565 g/mol. The molecular formula is C19H17ClINO6S2. The van der Waals surface area contributed by atoms with E-state index in [-0.39, 0.29) is 17.0 Å². The monoisotopic (exact) mass is 581 g/mol. The smallest absolute Gasteiger partial charge is 0.346 e. The van der Waals surface area contributed by atoms with E-state index in [1.54, 1.807) is 31.2 Å². The Morgan fingerprint density at radius 1 is 1.07 bits per heavy atom. The second-order valence-corrected chi connectivity index (χ2v) is 13.5. The molecule has 11 heteroatoms. The Morgan fingerprint density at radius 3 is 2.17 bits per heavy atom. The van der Waals surface area contributed by atoms with Crippen molar-refractivity contribution < 1.29 is 26.4 Å². The van der Waals surface area contributed by atoms with Crippen LogP contribution in [0.1, 0.15) is 17.5 Å². The quantitative estimate of drug-likeness (QED) is 0.303. The van der Waals surface area contributed by atoms with Crippen molar-refractivity contribution in [2.24, 2.45) is 0 Å². The SMILES string of the molecule is COC(=O)C1CC(I)=C(c2ccc(Cl)cc2)N1S(=O)(=O)S(=O)(=O)c1ccc(C)cc1. The molecule has 1 aliphatic heterocycles. The minimum atomic E-state index is -5.04. The van der Waals surface area contributed by atoms with Crippen LogP contribution in [-0.2, 0) is 27.5 Å². The van der Waals surface area contributed by atoms with Crippen LogP contribution in [0.2, 0.25) is 5.02 Å². The molecule has 0 aromatic heterocycles. The Morgan fingerprint density at radius 2 is 1.63 bits per heavy atom. The summed E-state index contributed by atoms with van der Waals surface area (Å²) in [4.78, 5) is 12.0. The van der Waals surface area contributed by atoms with Crippen molar-refractivity contribution in [3.63, 3.8) is 0 Å². The maximum absolute atomic E-state index is 13.4. The number of ether oxygens (including phenoxy) is 1. The molecule has 0 aliphatic carbocycles. The van der Waals surface area contributed by atoms with Gasteiger partial charge in [-0.2, -0.15) is 8.42 Å². The third kappa shape index (κ3) is 3.97. The summed E-state index contributed by atoms with van der Waals surface area (Å²) in [5.41, 5.74) is 1.30. The van der Waals surface area contributed by atoms with Gasteiger partial charge in [0, 0.05) is 15.0 Å². The first-order chi connectivity index (χ1) is 14.0. The van der Waals surface area contributed by atoms with E-state index in [9.17, 15) is 21.6 Å². The number of carbonyl (C=O) groups is 1. The van der Waals surface area contributed by atoms with Crippen LogP contribution in [0.4, 0.5) is 0 Å². The minimum absolute atomic E-state index is 0.00611. The van der Waals surface area contributed by atoms with Gasteiger partial charge in [-0.15, -0.1) is 0 Å². The third-order valence-electron chi connectivity index (χ3n) is 4.55. The fourth-order valence-electron chi connectivity index (χ4n) is 3.03. The van der Waals surface area contributed by atoms with Gasteiger partial charge in [-0.05, 0) is 59.3 Å². The first-order valence-corrected chi connectivity index (χ1v) is 13.5. The molecule has 160 valence electrons. The highest BCUT2D eigenvalue weighted by atomic mass is 127. The summed E-state index contributed by atoms with van der Waals surface area (Å²) >= 11 is 7.84. The molecule has 2 aromatic rings. The van der Waals surface area contributed by atoms with E-state index in [0.717, 1.165) is 12.7 Å². The third-order valence-corrected chi connectivity index (χ3v) is 10.8. The molecule has 30 heavy (non-hydrogen) atoms. The highest BCUT2D eigenvalue weighted by molar-refractivity contribution is 14.1. The van der Waals surface area contributed by atoms with Gasteiger partial charge in [0.15, 0.2) is 0 Å². The van der Waals surface area contributed by atoms with E-state index in [0.29, 0.717) is 18.5 Å². The van der Waals surface area contributed by atoms with Gasteiger partial charge >= 0.3 is 23.9 Å². The second-order valence-electron chi connectivity index (χ2n) is 6.52. The van der Waals surface area contributed by atoms with Crippen molar-refractivity contribution in [3.05, 3.63) is 68.3 Å². The molecule has 0 radical (unpaired) electrons. The van der Waals surface area contributed by atoms with Gasteiger partial charge in [-0.1, -0.05) is 41.4 Å². The van der Waals surface area contributed by atoms with Crippen molar-refractivity contribution >= 4 is 63.8 Å². The lowest BCUT2D eigenvalue weighted by molar-refractivity contribution is -0.143. The van der Waals surface area contributed by atoms with E-state index >= 15 is 0 Å². The Kier molecular flexibility index (Phi) is 6.51. The van der Waals surface area contributed by atoms with E-state index in [1.807, 2.05) is 22.6 Å². The predicted molar refractivity (Wildman–Crippen MR) is 122 cm³/mol. The summed E-state index contributed by atoms with van der Waals surface area (Å²) in [6.07, 6.45) is -0.00611. The fourth-order valence-corrected chi connectivity index (χ4v) is 8.38. The van der Waals surface area contributed by atoms with Crippen molar-refractivity contribution in [2.45, 2.75) is 24.3 Å². The number of methoxy groups -OCH3 is 1. The maximum Gasteiger partial charge on any atom is 0.346 e. The number of carbonyl (C=O) groups excluding carboxylic acids is 1. The summed E-state index contributed by atoms with van der Waals surface area (Å²) < 4.78 is 59.0. The molecule has 0 saturated heterocycles. The number of rotatable bonds is 5. The van der Waals surface area contributed by atoms with Gasteiger partial charge < -0.3 is 4.74 Å². The molecule has 0 fully saturated rings. The number of hydrogen-bond acceptors (Lipinski definition) is 6. The average Bonchev–Trinajstić information content (AvgIpc) is 3.06. The molecule has 1 heterocycles. The van der Waals surface area contributed by atoms with Crippen LogP contribution in [0, 0.1) is 6.92 Å². The molecule has 3 rings (SSSR count). The van der Waals surface area contributed by atoms with Crippen molar-refractivity contribution in [1.29, 1.82) is 0 Å². The van der Waals surface area contributed by atoms with Gasteiger partial charge in [0.05, 0.1) is 17.7 Å². The van der Waals surface area contributed by atoms with Gasteiger partial charge in [0.1, 0.15) is 6.04 Å². The predicted octanol–water partition coefficient (Wildman–Crippen LogP) is 3.72. The van der Waals surface area contributed by atoms with Crippen LogP contribution in [0.15, 0.2) is 57.0 Å². The van der Waals surface area contributed by atoms with Gasteiger partial charge in [0.25, 0.3) is 0 Å². The summed E-state index contributed by atoms with van der Waals surface area (Å²) in [5, 5.41) is 0.429. The Labute approximate surface area is 193 Å². The largest absolute Gasteiger partial charge is 0.467 e. The van der Waals surface area contributed by atoms with Crippen molar-refractivity contribution in [1.82, 2.24) is 4.31 Å². The summed E-state index contributed by atoms with van der Waals surface area (Å²) in [7, 11) is -8.78. The molecule has 7 nitrogen and oxygen atoms in total. The molecule has 1 atom stereocenters. The summed E-state index contributed by atoms with van der Waals surface area (Å²) in [5.74, 6) is -0.851. The van der Waals surface area contributed by atoms with Crippen LogP contribution in [-0.4, -0.2) is 40.3 Å². The molecule has 0 amide bonds. The van der Waals surface area contributed by atoms with Gasteiger partial charge in [-0.25, -0.2) is 17.5 Å². The Balaban J connectivity index is 2.21. The summed E-state index contributed by atoms with van der Waals surface area (Å²) in [6, 6.07) is 10.4. The standard InChI is InChI=1S/C19H17ClINO6S2/c1-12-3-9-15(10-4-12)29(24,25)30(26,27)22-17(19(23)28-2)11-16(21)18(22)13-5-7-14(20)8-6-13/h3-10,17H,11H2,1-2H3. The highest BCUT2D eigenvalue weighted by Crippen LogP contribution is 2.43. The van der Waals surface area contributed by atoms with Crippen LogP contribution < -0.4 is 0 Å². The van der Waals surface area contributed by atoms with Crippen LogP contribution in [0.25, 0.3) is 5.70 Å².